The van der Waals surface area contributed by atoms with Crippen LogP contribution in [0.5, 0.6) is 0 Å². The third-order valence-corrected chi connectivity index (χ3v) is 4.47. The molecule has 0 aliphatic carbocycles. The van der Waals surface area contributed by atoms with Crippen molar-refractivity contribution in [2.45, 2.75) is 13.8 Å². The van der Waals surface area contributed by atoms with Gasteiger partial charge in [-0.15, -0.1) is 0 Å². The SMILES string of the molecule is Cc1ccc(NC(=O)COC(=O)CNC(=O)c2ccc(Cl)c(Cl)c2)cc1C. The van der Waals surface area contributed by atoms with Gasteiger partial charge in [-0.05, 0) is 55.3 Å². The minimum atomic E-state index is -0.737. The second-order valence-corrected chi connectivity index (χ2v) is 6.63. The molecule has 0 fully saturated rings. The molecule has 0 radical (unpaired) electrons. The molecule has 0 heterocycles. The summed E-state index contributed by atoms with van der Waals surface area (Å²) in [4.78, 5) is 35.5. The maximum Gasteiger partial charge on any atom is 0.325 e. The number of ether oxygens (including phenoxy) is 1. The third-order valence-electron chi connectivity index (χ3n) is 3.73. The van der Waals surface area contributed by atoms with Crippen LogP contribution in [0.4, 0.5) is 5.69 Å². The molecule has 0 aliphatic rings. The second-order valence-electron chi connectivity index (χ2n) is 5.82. The van der Waals surface area contributed by atoms with Crippen LogP contribution in [0.2, 0.25) is 10.0 Å². The van der Waals surface area contributed by atoms with Gasteiger partial charge in [-0.3, -0.25) is 14.4 Å². The molecule has 2 amide bonds. The number of nitrogens with one attached hydrogen (secondary N) is 2. The van der Waals surface area contributed by atoms with Crippen molar-refractivity contribution in [1.29, 1.82) is 0 Å². The van der Waals surface area contributed by atoms with Crippen molar-refractivity contribution in [3.05, 3.63) is 63.1 Å². The number of carbonyl (C=O) groups excluding carboxylic acids is 3. The molecular formula is C19H18Cl2N2O4. The van der Waals surface area contributed by atoms with Crippen molar-refractivity contribution in [1.82, 2.24) is 5.32 Å². The molecule has 0 spiro atoms. The number of rotatable bonds is 6. The maximum atomic E-state index is 12.0. The van der Waals surface area contributed by atoms with Gasteiger partial charge in [0.05, 0.1) is 10.0 Å². The van der Waals surface area contributed by atoms with E-state index in [0.717, 1.165) is 11.1 Å². The van der Waals surface area contributed by atoms with Crippen molar-refractivity contribution >= 4 is 46.7 Å². The van der Waals surface area contributed by atoms with Crippen LogP contribution in [-0.2, 0) is 14.3 Å². The number of hydrogen-bond acceptors (Lipinski definition) is 4. The zero-order chi connectivity index (χ0) is 20.0. The number of aryl methyl sites for hydroxylation is 2. The fraction of sp³-hybridized carbons (Fsp3) is 0.211. The Kier molecular flexibility index (Phi) is 7.21. The summed E-state index contributed by atoms with van der Waals surface area (Å²) in [5.74, 6) is -1.72. The molecule has 2 aromatic carbocycles. The summed E-state index contributed by atoms with van der Waals surface area (Å²) in [6, 6.07) is 9.82. The molecule has 2 N–H and O–H groups in total. The predicted octanol–water partition coefficient (Wildman–Crippen LogP) is 3.52. The Morgan fingerprint density at radius 1 is 0.963 bits per heavy atom. The van der Waals surface area contributed by atoms with E-state index in [9.17, 15) is 14.4 Å². The lowest BCUT2D eigenvalue weighted by molar-refractivity contribution is -0.146. The summed E-state index contributed by atoms with van der Waals surface area (Å²) in [6.07, 6.45) is 0. The summed E-state index contributed by atoms with van der Waals surface area (Å²) in [6.45, 7) is 3.07. The number of esters is 1. The molecule has 0 aromatic heterocycles. The van der Waals surface area contributed by atoms with E-state index in [4.69, 9.17) is 27.9 Å². The minimum Gasteiger partial charge on any atom is -0.454 e. The summed E-state index contributed by atoms with van der Waals surface area (Å²) < 4.78 is 4.85. The molecule has 0 atom stereocenters. The Labute approximate surface area is 166 Å². The summed E-state index contributed by atoms with van der Waals surface area (Å²) in [5, 5.41) is 5.58. The first-order valence-electron chi connectivity index (χ1n) is 8.02. The van der Waals surface area contributed by atoms with Crippen molar-refractivity contribution in [2.75, 3.05) is 18.5 Å². The molecule has 0 saturated carbocycles. The van der Waals surface area contributed by atoms with Gasteiger partial charge in [-0.1, -0.05) is 29.3 Å². The first-order chi connectivity index (χ1) is 12.8. The van der Waals surface area contributed by atoms with Gasteiger partial charge in [0.2, 0.25) is 0 Å². The van der Waals surface area contributed by atoms with E-state index in [1.165, 1.54) is 18.2 Å². The molecule has 142 valence electrons. The Balaban J connectivity index is 1.76. The lowest BCUT2D eigenvalue weighted by Gasteiger charge is -2.09. The van der Waals surface area contributed by atoms with E-state index in [1.807, 2.05) is 26.0 Å². The normalized spacial score (nSPS) is 10.2. The van der Waals surface area contributed by atoms with Crippen LogP contribution in [0, 0.1) is 13.8 Å². The van der Waals surface area contributed by atoms with Gasteiger partial charge in [0.1, 0.15) is 6.54 Å². The monoisotopic (exact) mass is 408 g/mol. The first-order valence-corrected chi connectivity index (χ1v) is 8.78. The van der Waals surface area contributed by atoms with Gasteiger partial charge >= 0.3 is 5.97 Å². The quantitative estimate of drug-likeness (QED) is 0.716. The largest absolute Gasteiger partial charge is 0.454 e. The van der Waals surface area contributed by atoms with Gasteiger partial charge in [0, 0.05) is 11.3 Å². The molecule has 0 unspecified atom stereocenters. The van der Waals surface area contributed by atoms with E-state index in [2.05, 4.69) is 10.6 Å². The molecule has 0 bridgehead atoms. The van der Waals surface area contributed by atoms with Crippen molar-refractivity contribution in [3.8, 4) is 0 Å². The lowest BCUT2D eigenvalue weighted by atomic mass is 10.1. The van der Waals surface area contributed by atoms with E-state index < -0.39 is 24.4 Å². The van der Waals surface area contributed by atoms with Gasteiger partial charge in [0.15, 0.2) is 6.61 Å². The number of anilines is 1. The number of benzene rings is 2. The molecule has 8 heteroatoms. The second kappa shape index (κ2) is 9.39. The molecule has 2 aromatic rings. The van der Waals surface area contributed by atoms with E-state index in [-0.39, 0.29) is 17.1 Å². The van der Waals surface area contributed by atoms with Crippen LogP contribution in [0.15, 0.2) is 36.4 Å². The molecule has 27 heavy (non-hydrogen) atoms. The molecule has 2 rings (SSSR count). The van der Waals surface area contributed by atoms with Crippen LogP contribution >= 0.6 is 23.2 Å². The molecular weight excluding hydrogens is 391 g/mol. The zero-order valence-electron chi connectivity index (χ0n) is 14.8. The molecule has 0 saturated heterocycles. The number of hydrogen-bond donors (Lipinski definition) is 2. The topological polar surface area (TPSA) is 84.5 Å². The Morgan fingerprint density at radius 2 is 1.70 bits per heavy atom. The van der Waals surface area contributed by atoms with Crippen LogP contribution in [0.1, 0.15) is 21.5 Å². The van der Waals surface area contributed by atoms with Gasteiger partial charge in [-0.2, -0.15) is 0 Å². The number of amides is 2. The highest BCUT2D eigenvalue weighted by Crippen LogP contribution is 2.22. The van der Waals surface area contributed by atoms with Crippen LogP contribution in [0.25, 0.3) is 0 Å². The van der Waals surface area contributed by atoms with E-state index in [1.54, 1.807) is 6.07 Å². The highest BCUT2D eigenvalue weighted by atomic mass is 35.5. The first kappa shape index (κ1) is 20.7. The Morgan fingerprint density at radius 3 is 2.37 bits per heavy atom. The van der Waals surface area contributed by atoms with Crippen LogP contribution < -0.4 is 10.6 Å². The molecule has 0 aliphatic heterocycles. The standard InChI is InChI=1S/C19H18Cl2N2O4/c1-11-3-5-14(7-12(11)2)23-17(24)10-27-18(25)9-22-19(26)13-4-6-15(20)16(21)8-13/h3-8H,9-10H2,1-2H3,(H,22,26)(H,23,24). The summed E-state index contributed by atoms with van der Waals surface area (Å²) in [5.41, 5.74) is 3.02. The van der Waals surface area contributed by atoms with Gasteiger partial charge < -0.3 is 15.4 Å². The fourth-order valence-electron chi connectivity index (χ4n) is 2.11. The van der Waals surface area contributed by atoms with Gasteiger partial charge in [-0.25, -0.2) is 0 Å². The average molecular weight is 409 g/mol. The minimum absolute atomic E-state index is 0.231. The highest BCUT2D eigenvalue weighted by Gasteiger charge is 2.12. The average Bonchev–Trinajstić information content (AvgIpc) is 2.63. The number of carbonyl (C=O) groups is 3. The maximum absolute atomic E-state index is 12.0. The van der Waals surface area contributed by atoms with Crippen LogP contribution in [0.3, 0.4) is 0 Å². The smallest absolute Gasteiger partial charge is 0.325 e. The van der Waals surface area contributed by atoms with Crippen molar-refractivity contribution in [2.24, 2.45) is 0 Å². The van der Waals surface area contributed by atoms with Crippen molar-refractivity contribution in [3.63, 3.8) is 0 Å². The van der Waals surface area contributed by atoms with Crippen LogP contribution in [-0.4, -0.2) is 30.9 Å². The van der Waals surface area contributed by atoms with E-state index >= 15 is 0 Å². The van der Waals surface area contributed by atoms with Crippen molar-refractivity contribution < 1.29 is 19.1 Å². The highest BCUT2D eigenvalue weighted by molar-refractivity contribution is 6.42. The van der Waals surface area contributed by atoms with Gasteiger partial charge in [0.25, 0.3) is 11.8 Å². The fourth-order valence-corrected chi connectivity index (χ4v) is 2.40. The predicted molar refractivity (Wildman–Crippen MR) is 104 cm³/mol. The Hall–Kier alpha value is -2.57. The lowest BCUT2D eigenvalue weighted by Crippen LogP contribution is -2.32. The molecule has 6 nitrogen and oxygen atoms in total. The number of halogens is 2. The Bertz CT molecular complexity index is 884. The zero-order valence-corrected chi connectivity index (χ0v) is 16.3. The summed E-state index contributed by atoms with van der Waals surface area (Å²) >= 11 is 11.6. The van der Waals surface area contributed by atoms with E-state index in [0.29, 0.717) is 10.7 Å². The third kappa shape index (κ3) is 6.27. The summed E-state index contributed by atoms with van der Waals surface area (Å²) in [7, 11) is 0.